The number of aromatic nitrogens is 1. The van der Waals surface area contributed by atoms with Crippen LogP contribution in [-0.2, 0) is 6.42 Å². The zero-order valence-corrected chi connectivity index (χ0v) is 12.4. The van der Waals surface area contributed by atoms with Crippen LogP contribution in [0.25, 0.3) is 0 Å². The Morgan fingerprint density at radius 2 is 2.22 bits per heavy atom. The van der Waals surface area contributed by atoms with Gasteiger partial charge in [-0.25, -0.2) is 4.98 Å². The Hall–Kier alpha value is -0.610. The summed E-state index contributed by atoms with van der Waals surface area (Å²) in [6, 6.07) is 0.533. The Morgan fingerprint density at radius 1 is 1.39 bits per heavy atom. The molecule has 0 spiro atoms. The van der Waals surface area contributed by atoms with E-state index in [-0.39, 0.29) is 5.54 Å². The van der Waals surface area contributed by atoms with Gasteiger partial charge in [0.2, 0.25) is 0 Å². The van der Waals surface area contributed by atoms with E-state index in [4.69, 9.17) is 4.98 Å². The van der Waals surface area contributed by atoms with Gasteiger partial charge in [-0.05, 0) is 53.0 Å². The lowest BCUT2D eigenvalue weighted by Crippen LogP contribution is -2.38. The van der Waals surface area contributed by atoms with Gasteiger partial charge in [0, 0.05) is 23.0 Å². The van der Waals surface area contributed by atoms with Gasteiger partial charge in [-0.3, -0.25) is 0 Å². The van der Waals surface area contributed by atoms with Crippen molar-refractivity contribution in [2.75, 3.05) is 18.5 Å². The SMILES string of the molecule is CNC1CCCc2nc(N3CCCC3(C)C)sc21. The van der Waals surface area contributed by atoms with Crippen LogP contribution in [0.2, 0.25) is 0 Å². The Kier molecular flexibility index (Phi) is 3.10. The lowest BCUT2D eigenvalue weighted by Gasteiger charge is -2.31. The molecule has 1 saturated heterocycles. The van der Waals surface area contributed by atoms with E-state index in [2.05, 4.69) is 31.1 Å². The van der Waals surface area contributed by atoms with Crippen LogP contribution < -0.4 is 10.2 Å². The molecule has 0 aromatic carbocycles. The highest BCUT2D eigenvalue weighted by molar-refractivity contribution is 7.15. The van der Waals surface area contributed by atoms with Crippen molar-refractivity contribution >= 4 is 16.5 Å². The zero-order valence-electron chi connectivity index (χ0n) is 11.6. The largest absolute Gasteiger partial charge is 0.343 e. The first-order chi connectivity index (χ1) is 8.62. The molecule has 1 aromatic heterocycles. The molecule has 2 aliphatic rings. The first kappa shape index (κ1) is 12.4. The molecule has 18 heavy (non-hydrogen) atoms. The molecule has 0 saturated carbocycles. The molecule has 0 radical (unpaired) electrons. The van der Waals surface area contributed by atoms with E-state index < -0.39 is 0 Å². The highest BCUT2D eigenvalue weighted by Crippen LogP contribution is 2.41. The number of nitrogens with one attached hydrogen (secondary N) is 1. The van der Waals surface area contributed by atoms with Crippen LogP contribution in [0.3, 0.4) is 0 Å². The molecule has 100 valence electrons. The average molecular weight is 265 g/mol. The van der Waals surface area contributed by atoms with Crippen LogP contribution in [0.15, 0.2) is 0 Å². The van der Waals surface area contributed by atoms with Crippen LogP contribution in [0.1, 0.15) is 56.1 Å². The molecular weight excluding hydrogens is 242 g/mol. The standard InChI is InChI=1S/C14H23N3S/c1-14(2)8-5-9-17(14)13-16-11-7-4-6-10(15-3)12(11)18-13/h10,15H,4-9H2,1-3H3. The first-order valence-electron chi connectivity index (χ1n) is 7.06. The molecule has 1 fully saturated rings. The highest BCUT2D eigenvalue weighted by Gasteiger charge is 2.35. The van der Waals surface area contributed by atoms with Crippen molar-refractivity contribution in [1.29, 1.82) is 0 Å². The summed E-state index contributed by atoms with van der Waals surface area (Å²) in [7, 11) is 2.07. The molecule has 1 N–H and O–H groups in total. The summed E-state index contributed by atoms with van der Waals surface area (Å²) >= 11 is 1.92. The van der Waals surface area contributed by atoms with E-state index in [1.165, 1.54) is 47.9 Å². The van der Waals surface area contributed by atoms with E-state index in [0.717, 1.165) is 6.42 Å². The molecule has 3 rings (SSSR count). The van der Waals surface area contributed by atoms with Crippen molar-refractivity contribution < 1.29 is 0 Å². The van der Waals surface area contributed by atoms with E-state index in [9.17, 15) is 0 Å². The van der Waals surface area contributed by atoms with Gasteiger partial charge in [0.25, 0.3) is 0 Å². The number of rotatable bonds is 2. The summed E-state index contributed by atoms with van der Waals surface area (Å²) in [4.78, 5) is 8.94. The van der Waals surface area contributed by atoms with E-state index >= 15 is 0 Å². The average Bonchev–Trinajstić information content (AvgIpc) is 2.90. The van der Waals surface area contributed by atoms with Crippen LogP contribution >= 0.6 is 11.3 Å². The Balaban J connectivity index is 1.93. The lowest BCUT2D eigenvalue weighted by atomic mass is 9.98. The predicted molar refractivity (Wildman–Crippen MR) is 77.5 cm³/mol. The van der Waals surface area contributed by atoms with Gasteiger partial charge in [-0.15, -0.1) is 0 Å². The molecule has 1 aromatic rings. The van der Waals surface area contributed by atoms with Gasteiger partial charge in [0.15, 0.2) is 5.13 Å². The first-order valence-corrected chi connectivity index (χ1v) is 7.88. The maximum absolute atomic E-state index is 4.93. The predicted octanol–water partition coefficient (Wildman–Crippen LogP) is 3.12. The third kappa shape index (κ3) is 1.95. The monoisotopic (exact) mass is 265 g/mol. The third-order valence-corrected chi connectivity index (χ3v) is 5.65. The van der Waals surface area contributed by atoms with Crippen molar-refractivity contribution in [3.8, 4) is 0 Å². The fourth-order valence-corrected chi connectivity index (χ4v) is 4.70. The molecule has 4 heteroatoms. The zero-order chi connectivity index (χ0) is 12.8. The molecule has 0 amide bonds. The van der Waals surface area contributed by atoms with Gasteiger partial charge < -0.3 is 10.2 Å². The van der Waals surface area contributed by atoms with Crippen molar-refractivity contribution in [2.24, 2.45) is 0 Å². The fraction of sp³-hybridized carbons (Fsp3) is 0.786. The number of thiazole rings is 1. The highest BCUT2D eigenvalue weighted by atomic mass is 32.1. The van der Waals surface area contributed by atoms with Gasteiger partial charge in [0.05, 0.1) is 5.69 Å². The summed E-state index contributed by atoms with van der Waals surface area (Å²) in [5, 5.41) is 4.69. The molecule has 1 atom stereocenters. The Labute approximate surface area is 114 Å². The number of fused-ring (bicyclic) bond motifs is 1. The molecule has 1 aliphatic heterocycles. The maximum atomic E-state index is 4.93. The molecule has 3 nitrogen and oxygen atoms in total. The smallest absolute Gasteiger partial charge is 0.186 e. The number of aryl methyl sites for hydroxylation is 1. The second kappa shape index (κ2) is 4.49. The van der Waals surface area contributed by atoms with Crippen LogP contribution in [0, 0.1) is 0 Å². The molecule has 0 bridgehead atoms. The topological polar surface area (TPSA) is 28.2 Å². The summed E-state index contributed by atoms with van der Waals surface area (Å²) in [6.07, 6.45) is 6.28. The summed E-state index contributed by atoms with van der Waals surface area (Å²) in [6.45, 7) is 5.86. The number of nitrogens with zero attached hydrogens (tertiary/aromatic N) is 2. The number of hydrogen-bond acceptors (Lipinski definition) is 4. The van der Waals surface area contributed by atoms with E-state index in [1.807, 2.05) is 11.3 Å². The fourth-order valence-electron chi connectivity index (χ4n) is 3.26. The second-order valence-electron chi connectivity index (χ2n) is 6.11. The van der Waals surface area contributed by atoms with Crippen molar-refractivity contribution in [2.45, 2.75) is 57.5 Å². The molecular formula is C14H23N3S. The second-order valence-corrected chi connectivity index (χ2v) is 7.12. The minimum absolute atomic E-state index is 0.287. The molecule has 1 unspecified atom stereocenters. The van der Waals surface area contributed by atoms with Crippen molar-refractivity contribution in [1.82, 2.24) is 10.3 Å². The number of hydrogen-bond donors (Lipinski definition) is 1. The quantitative estimate of drug-likeness (QED) is 0.890. The van der Waals surface area contributed by atoms with Crippen LogP contribution in [0.4, 0.5) is 5.13 Å². The number of anilines is 1. The van der Waals surface area contributed by atoms with Gasteiger partial charge in [-0.1, -0.05) is 11.3 Å². The maximum Gasteiger partial charge on any atom is 0.186 e. The minimum atomic E-state index is 0.287. The van der Waals surface area contributed by atoms with Crippen LogP contribution in [-0.4, -0.2) is 24.1 Å². The van der Waals surface area contributed by atoms with Gasteiger partial charge in [-0.2, -0.15) is 0 Å². The molecule has 1 aliphatic carbocycles. The van der Waals surface area contributed by atoms with Crippen molar-refractivity contribution in [3.63, 3.8) is 0 Å². The van der Waals surface area contributed by atoms with E-state index in [1.54, 1.807) is 0 Å². The molecule has 2 heterocycles. The van der Waals surface area contributed by atoms with Gasteiger partial charge >= 0.3 is 0 Å². The van der Waals surface area contributed by atoms with Gasteiger partial charge in [0.1, 0.15) is 0 Å². The Morgan fingerprint density at radius 3 is 2.89 bits per heavy atom. The summed E-state index contributed by atoms with van der Waals surface area (Å²) in [5.41, 5.74) is 1.64. The van der Waals surface area contributed by atoms with Crippen molar-refractivity contribution in [3.05, 3.63) is 10.6 Å². The van der Waals surface area contributed by atoms with E-state index in [0.29, 0.717) is 6.04 Å². The van der Waals surface area contributed by atoms with Crippen LogP contribution in [0.5, 0.6) is 0 Å². The third-order valence-electron chi connectivity index (χ3n) is 4.42. The normalized spacial score (nSPS) is 26.4. The summed E-state index contributed by atoms with van der Waals surface area (Å²) in [5.74, 6) is 0. The summed E-state index contributed by atoms with van der Waals surface area (Å²) < 4.78 is 0. The Bertz CT molecular complexity index is 438. The minimum Gasteiger partial charge on any atom is -0.343 e. The lowest BCUT2D eigenvalue weighted by molar-refractivity contribution is 0.499.